The molecule has 1 heterocycles. The quantitative estimate of drug-likeness (QED) is 0.757. The van der Waals surface area contributed by atoms with Crippen molar-refractivity contribution < 1.29 is 9.84 Å². The molecule has 3 atom stereocenters. The maximum Gasteiger partial charge on any atom is 0.0695 e. The standard InChI is InChI=1S/C12H25NO2/c1-4-6-12(14)11(5-2)13-7-8-15-10(3)9-13/h10-12,14H,4-9H2,1-3H3. The molecule has 0 saturated carbocycles. The fourth-order valence-corrected chi connectivity index (χ4v) is 2.41. The Bertz CT molecular complexity index is 175. The van der Waals surface area contributed by atoms with E-state index in [4.69, 9.17) is 4.74 Å². The molecule has 0 aromatic rings. The third kappa shape index (κ3) is 3.74. The average molecular weight is 215 g/mol. The van der Waals surface area contributed by atoms with Crippen molar-refractivity contribution in [1.29, 1.82) is 0 Å². The summed E-state index contributed by atoms with van der Waals surface area (Å²) in [5, 5.41) is 10.1. The molecule has 1 rings (SSSR count). The lowest BCUT2D eigenvalue weighted by Gasteiger charge is -2.39. The fourth-order valence-electron chi connectivity index (χ4n) is 2.41. The first-order valence-corrected chi connectivity index (χ1v) is 6.22. The topological polar surface area (TPSA) is 32.7 Å². The van der Waals surface area contributed by atoms with Gasteiger partial charge in [-0.25, -0.2) is 0 Å². The van der Waals surface area contributed by atoms with E-state index in [1.54, 1.807) is 0 Å². The maximum atomic E-state index is 10.1. The van der Waals surface area contributed by atoms with Crippen LogP contribution in [0.15, 0.2) is 0 Å². The van der Waals surface area contributed by atoms with Gasteiger partial charge in [0.2, 0.25) is 0 Å². The van der Waals surface area contributed by atoms with Gasteiger partial charge in [-0.05, 0) is 19.8 Å². The highest BCUT2D eigenvalue weighted by molar-refractivity contribution is 4.81. The second-order valence-electron chi connectivity index (χ2n) is 4.51. The molecule has 0 aliphatic carbocycles. The lowest BCUT2D eigenvalue weighted by Crippen LogP contribution is -2.51. The Labute approximate surface area is 93.4 Å². The summed E-state index contributed by atoms with van der Waals surface area (Å²) in [5.74, 6) is 0. The average Bonchev–Trinajstić information content (AvgIpc) is 2.19. The first-order chi connectivity index (χ1) is 7.19. The lowest BCUT2D eigenvalue weighted by atomic mass is 10.0. The summed E-state index contributed by atoms with van der Waals surface area (Å²) in [7, 11) is 0. The maximum absolute atomic E-state index is 10.1. The molecule has 90 valence electrons. The smallest absolute Gasteiger partial charge is 0.0695 e. The molecule has 15 heavy (non-hydrogen) atoms. The minimum atomic E-state index is -0.176. The van der Waals surface area contributed by atoms with Gasteiger partial charge >= 0.3 is 0 Å². The Morgan fingerprint density at radius 2 is 2.20 bits per heavy atom. The first kappa shape index (κ1) is 12.9. The summed E-state index contributed by atoms with van der Waals surface area (Å²) in [6.07, 6.45) is 3.11. The normalized spacial score (nSPS) is 27.6. The molecule has 1 fully saturated rings. The van der Waals surface area contributed by atoms with Crippen LogP contribution >= 0.6 is 0 Å². The molecule has 3 nitrogen and oxygen atoms in total. The molecule has 1 aliphatic heterocycles. The van der Waals surface area contributed by atoms with Crippen molar-refractivity contribution in [3.05, 3.63) is 0 Å². The molecule has 0 aromatic carbocycles. The number of morpholine rings is 1. The second kappa shape index (κ2) is 6.46. The van der Waals surface area contributed by atoms with Crippen LogP contribution in [0.25, 0.3) is 0 Å². The predicted molar refractivity (Wildman–Crippen MR) is 62.0 cm³/mol. The molecule has 1 saturated heterocycles. The van der Waals surface area contributed by atoms with Gasteiger partial charge in [-0.1, -0.05) is 20.3 Å². The highest BCUT2D eigenvalue weighted by atomic mass is 16.5. The Morgan fingerprint density at radius 1 is 1.47 bits per heavy atom. The lowest BCUT2D eigenvalue weighted by molar-refractivity contribution is -0.0596. The number of ether oxygens (including phenoxy) is 1. The van der Waals surface area contributed by atoms with Gasteiger partial charge in [0, 0.05) is 19.1 Å². The largest absolute Gasteiger partial charge is 0.391 e. The minimum Gasteiger partial charge on any atom is -0.391 e. The van der Waals surface area contributed by atoms with Gasteiger partial charge in [0.15, 0.2) is 0 Å². The third-order valence-electron chi connectivity index (χ3n) is 3.19. The first-order valence-electron chi connectivity index (χ1n) is 6.22. The van der Waals surface area contributed by atoms with Crippen molar-refractivity contribution in [1.82, 2.24) is 4.90 Å². The minimum absolute atomic E-state index is 0.176. The third-order valence-corrected chi connectivity index (χ3v) is 3.19. The summed E-state index contributed by atoms with van der Waals surface area (Å²) in [5.41, 5.74) is 0. The number of aliphatic hydroxyl groups excluding tert-OH is 1. The molecular weight excluding hydrogens is 190 g/mol. The van der Waals surface area contributed by atoms with E-state index in [-0.39, 0.29) is 6.10 Å². The van der Waals surface area contributed by atoms with Crippen LogP contribution in [0.2, 0.25) is 0 Å². The van der Waals surface area contributed by atoms with E-state index in [1.807, 2.05) is 0 Å². The van der Waals surface area contributed by atoms with Crippen molar-refractivity contribution in [3.8, 4) is 0 Å². The number of hydrogen-bond acceptors (Lipinski definition) is 3. The summed E-state index contributed by atoms with van der Waals surface area (Å²) >= 11 is 0. The molecule has 1 N–H and O–H groups in total. The van der Waals surface area contributed by atoms with Crippen LogP contribution in [-0.4, -0.2) is 48.0 Å². The van der Waals surface area contributed by atoms with E-state index in [2.05, 4.69) is 25.7 Å². The Hall–Kier alpha value is -0.120. The predicted octanol–water partition coefficient (Wildman–Crippen LogP) is 1.65. The van der Waals surface area contributed by atoms with E-state index in [0.29, 0.717) is 12.1 Å². The van der Waals surface area contributed by atoms with E-state index in [0.717, 1.165) is 39.0 Å². The van der Waals surface area contributed by atoms with Gasteiger partial charge < -0.3 is 9.84 Å². The molecular formula is C12H25NO2. The van der Waals surface area contributed by atoms with Crippen LogP contribution < -0.4 is 0 Å². The van der Waals surface area contributed by atoms with Crippen LogP contribution in [0.3, 0.4) is 0 Å². The second-order valence-corrected chi connectivity index (χ2v) is 4.51. The summed E-state index contributed by atoms with van der Waals surface area (Å²) in [6.45, 7) is 9.10. The molecule has 1 aliphatic rings. The summed E-state index contributed by atoms with van der Waals surface area (Å²) in [4.78, 5) is 2.38. The van der Waals surface area contributed by atoms with Gasteiger partial charge in [-0.15, -0.1) is 0 Å². The molecule has 0 aromatic heterocycles. The fraction of sp³-hybridized carbons (Fsp3) is 1.00. The van der Waals surface area contributed by atoms with E-state index in [1.165, 1.54) is 0 Å². The zero-order valence-corrected chi connectivity index (χ0v) is 10.3. The monoisotopic (exact) mass is 215 g/mol. The summed E-state index contributed by atoms with van der Waals surface area (Å²) < 4.78 is 5.52. The number of rotatable bonds is 5. The molecule has 0 radical (unpaired) electrons. The van der Waals surface area contributed by atoms with Crippen LogP contribution in [0.4, 0.5) is 0 Å². The Balaban J connectivity index is 2.48. The zero-order chi connectivity index (χ0) is 11.3. The highest BCUT2D eigenvalue weighted by Crippen LogP contribution is 2.16. The Morgan fingerprint density at radius 3 is 2.73 bits per heavy atom. The van der Waals surface area contributed by atoms with Crippen molar-refractivity contribution >= 4 is 0 Å². The summed E-state index contributed by atoms with van der Waals surface area (Å²) in [6, 6.07) is 0.316. The van der Waals surface area contributed by atoms with E-state index >= 15 is 0 Å². The van der Waals surface area contributed by atoms with Crippen LogP contribution in [-0.2, 0) is 4.74 Å². The molecule has 0 bridgehead atoms. The van der Waals surface area contributed by atoms with Gasteiger partial charge in [-0.3, -0.25) is 4.90 Å². The van der Waals surface area contributed by atoms with Crippen LogP contribution in [0, 0.1) is 0 Å². The van der Waals surface area contributed by atoms with Gasteiger partial charge in [-0.2, -0.15) is 0 Å². The van der Waals surface area contributed by atoms with Crippen LogP contribution in [0.1, 0.15) is 40.0 Å². The Kier molecular flexibility index (Phi) is 5.58. The number of aliphatic hydroxyl groups is 1. The zero-order valence-electron chi connectivity index (χ0n) is 10.3. The number of hydrogen-bond donors (Lipinski definition) is 1. The molecule has 0 spiro atoms. The van der Waals surface area contributed by atoms with Crippen LogP contribution in [0.5, 0.6) is 0 Å². The van der Waals surface area contributed by atoms with Crippen molar-refractivity contribution in [3.63, 3.8) is 0 Å². The van der Waals surface area contributed by atoms with Crippen molar-refractivity contribution in [2.75, 3.05) is 19.7 Å². The SMILES string of the molecule is CCCC(O)C(CC)N1CCOC(C)C1. The molecule has 3 unspecified atom stereocenters. The highest BCUT2D eigenvalue weighted by Gasteiger charge is 2.27. The number of nitrogens with zero attached hydrogens (tertiary/aromatic N) is 1. The molecule has 0 amide bonds. The van der Waals surface area contributed by atoms with Gasteiger partial charge in [0.25, 0.3) is 0 Å². The van der Waals surface area contributed by atoms with Crippen molar-refractivity contribution in [2.24, 2.45) is 0 Å². The molecule has 3 heteroatoms. The van der Waals surface area contributed by atoms with E-state index < -0.39 is 0 Å². The van der Waals surface area contributed by atoms with Gasteiger partial charge in [0.05, 0.1) is 18.8 Å². The van der Waals surface area contributed by atoms with Gasteiger partial charge in [0.1, 0.15) is 0 Å². The van der Waals surface area contributed by atoms with Crippen molar-refractivity contribution in [2.45, 2.75) is 58.3 Å². The van der Waals surface area contributed by atoms with E-state index in [9.17, 15) is 5.11 Å².